The summed E-state index contributed by atoms with van der Waals surface area (Å²) in [6.45, 7) is 9.18. The topological polar surface area (TPSA) is 74.6 Å². The van der Waals surface area contributed by atoms with Crippen LogP contribution in [0.2, 0.25) is 0 Å². The molecule has 4 heteroatoms. The summed E-state index contributed by atoms with van der Waals surface area (Å²) in [5.41, 5.74) is -1.56. The maximum Gasteiger partial charge on any atom is 0.335 e. The molecule has 346 valence electrons. The maximum atomic E-state index is 13.3. The summed E-state index contributed by atoms with van der Waals surface area (Å²) in [4.78, 5) is 25.2. The van der Waals surface area contributed by atoms with E-state index in [0.717, 1.165) is 83.0 Å². The van der Waals surface area contributed by atoms with E-state index in [0.29, 0.717) is 18.6 Å². The molecule has 0 heterocycles. The molecular weight excluding hydrogens is 713 g/mol. The Morgan fingerprint density at radius 1 is 0.379 bits per heavy atom. The first kappa shape index (κ1) is 57.1. The van der Waals surface area contributed by atoms with Crippen LogP contribution in [-0.4, -0.2) is 27.6 Å². The molecule has 4 nitrogen and oxygen atoms in total. The highest BCUT2D eigenvalue weighted by Gasteiger charge is 2.34. The Morgan fingerprint density at radius 2 is 0.638 bits per heavy atom. The van der Waals surface area contributed by atoms with Gasteiger partial charge in [0.2, 0.25) is 0 Å². The number of rotatable bonds is 49. The van der Waals surface area contributed by atoms with Crippen molar-refractivity contribution in [1.82, 2.24) is 0 Å². The maximum absolute atomic E-state index is 13.3. The largest absolute Gasteiger partial charge is 0.479 e. The molecule has 0 radical (unpaired) electrons. The van der Waals surface area contributed by atoms with Crippen molar-refractivity contribution in [1.29, 1.82) is 0 Å². The lowest BCUT2D eigenvalue weighted by Gasteiger charge is -2.23. The van der Waals surface area contributed by atoms with Gasteiger partial charge in [0.25, 0.3) is 0 Å². The van der Waals surface area contributed by atoms with E-state index in [1.54, 1.807) is 0 Å². The van der Waals surface area contributed by atoms with Gasteiger partial charge in [0.05, 0.1) is 0 Å². The lowest BCUT2D eigenvalue weighted by molar-refractivity contribution is -0.160. The van der Waals surface area contributed by atoms with Crippen molar-refractivity contribution in [2.75, 3.05) is 0 Å². The summed E-state index contributed by atoms with van der Waals surface area (Å²) in [6.07, 6.45) is 54.6. The Kier molecular flexibility index (Phi) is 43.5. The summed E-state index contributed by atoms with van der Waals surface area (Å²) < 4.78 is 0. The molecule has 0 aromatic rings. The van der Waals surface area contributed by atoms with E-state index in [-0.39, 0.29) is 5.92 Å². The molecule has 0 amide bonds. The Morgan fingerprint density at radius 3 is 0.948 bits per heavy atom. The zero-order valence-electron chi connectivity index (χ0n) is 40.2. The predicted octanol–water partition coefficient (Wildman–Crippen LogP) is 18.2. The molecule has 0 bridgehead atoms. The zero-order chi connectivity index (χ0) is 42.6. The fourth-order valence-corrected chi connectivity index (χ4v) is 9.10. The van der Waals surface area contributed by atoms with E-state index < -0.39 is 11.6 Å². The number of hydrogen-bond acceptors (Lipinski definition) is 3. The van der Waals surface area contributed by atoms with Gasteiger partial charge in [-0.15, -0.1) is 0 Å². The molecule has 0 spiro atoms. The highest BCUT2D eigenvalue weighted by atomic mass is 16.4. The van der Waals surface area contributed by atoms with Gasteiger partial charge in [-0.05, 0) is 50.9 Å². The normalized spacial score (nSPS) is 13.3. The van der Waals surface area contributed by atoms with Gasteiger partial charge in [-0.3, -0.25) is 4.79 Å². The van der Waals surface area contributed by atoms with Crippen molar-refractivity contribution in [3.63, 3.8) is 0 Å². The first-order valence-electron chi connectivity index (χ1n) is 26.7. The van der Waals surface area contributed by atoms with Gasteiger partial charge in [0, 0.05) is 12.3 Å². The average Bonchev–Trinajstić information content (AvgIpc) is 3.20. The number of carbonyl (C=O) groups excluding carboxylic acids is 1. The lowest BCUT2D eigenvalue weighted by Crippen LogP contribution is -2.38. The standard InChI is InChI=1S/C54H106O4/c1-5-7-9-11-12-13-14-15-16-19-22-25-30-35-41-47-52(55)51(45-39-10-8-6-2)46-40-34-29-27-32-37-43-49-54(58,53(56)57)48-42-36-31-26-23-20-17-18-21-24-28-33-38-44-50(3)4/h50-51,58H,5-49H2,1-4H3,(H,56,57). The van der Waals surface area contributed by atoms with Crippen molar-refractivity contribution in [2.24, 2.45) is 11.8 Å². The highest BCUT2D eigenvalue weighted by Crippen LogP contribution is 2.26. The number of Topliss-reactive ketones (excluding diaryl/α,β-unsaturated/α-hetero) is 1. The van der Waals surface area contributed by atoms with E-state index in [4.69, 9.17) is 0 Å². The first-order valence-corrected chi connectivity index (χ1v) is 26.7. The quantitative estimate of drug-likeness (QED) is 0.0600. The van der Waals surface area contributed by atoms with E-state index >= 15 is 0 Å². The molecule has 0 aliphatic carbocycles. The molecular formula is C54H106O4. The van der Waals surface area contributed by atoms with Gasteiger partial charge in [-0.2, -0.15) is 0 Å². The number of carboxylic acids is 1. The number of ketones is 1. The SMILES string of the molecule is CCCCCCCCCCCCCCCCCC(=O)C(CCCCCC)CCCCCCCCCC(O)(CCCCCCCCCCCCCCCC(C)C)C(=O)O. The molecule has 2 unspecified atom stereocenters. The van der Waals surface area contributed by atoms with Crippen LogP contribution in [-0.2, 0) is 9.59 Å². The molecule has 58 heavy (non-hydrogen) atoms. The average molecular weight is 819 g/mol. The van der Waals surface area contributed by atoms with Crippen LogP contribution in [0.15, 0.2) is 0 Å². The Balaban J connectivity index is 3.98. The second-order valence-corrected chi connectivity index (χ2v) is 19.6. The smallest absolute Gasteiger partial charge is 0.335 e. The Bertz CT molecular complexity index is 854. The second kappa shape index (κ2) is 44.2. The van der Waals surface area contributed by atoms with Crippen LogP contribution < -0.4 is 0 Å². The Hall–Kier alpha value is -0.900. The minimum Gasteiger partial charge on any atom is -0.479 e. The third-order valence-corrected chi connectivity index (χ3v) is 13.3. The summed E-state index contributed by atoms with van der Waals surface area (Å²) in [5, 5.41) is 20.7. The monoisotopic (exact) mass is 819 g/mol. The summed E-state index contributed by atoms with van der Waals surface area (Å²) >= 11 is 0. The van der Waals surface area contributed by atoms with Gasteiger partial charge < -0.3 is 10.2 Å². The van der Waals surface area contributed by atoms with E-state index in [9.17, 15) is 19.8 Å². The van der Waals surface area contributed by atoms with Crippen LogP contribution in [0.3, 0.4) is 0 Å². The minimum absolute atomic E-state index is 0.270. The van der Waals surface area contributed by atoms with Crippen LogP contribution in [0, 0.1) is 11.8 Å². The van der Waals surface area contributed by atoms with Crippen molar-refractivity contribution < 1.29 is 19.8 Å². The van der Waals surface area contributed by atoms with Gasteiger partial charge in [0.15, 0.2) is 5.60 Å². The number of carboxylic acid groups (broad SMARTS) is 1. The molecule has 0 aromatic carbocycles. The second-order valence-electron chi connectivity index (χ2n) is 19.6. The lowest BCUT2D eigenvalue weighted by atomic mass is 9.88. The zero-order valence-corrected chi connectivity index (χ0v) is 40.2. The molecule has 0 rings (SSSR count). The minimum atomic E-state index is -1.56. The van der Waals surface area contributed by atoms with Crippen LogP contribution in [0.1, 0.15) is 317 Å². The van der Waals surface area contributed by atoms with Crippen molar-refractivity contribution in [3.8, 4) is 0 Å². The van der Waals surface area contributed by atoms with Crippen LogP contribution in [0.5, 0.6) is 0 Å². The van der Waals surface area contributed by atoms with E-state index in [1.807, 2.05) is 0 Å². The molecule has 0 aliphatic rings. The summed E-state index contributed by atoms with van der Waals surface area (Å²) in [6, 6.07) is 0. The molecule has 0 fully saturated rings. The van der Waals surface area contributed by atoms with Gasteiger partial charge in [-0.1, -0.05) is 265 Å². The number of aliphatic hydroxyl groups is 1. The van der Waals surface area contributed by atoms with Crippen LogP contribution >= 0.6 is 0 Å². The van der Waals surface area contributed by atoms with E-state index in [2.05, 4.69) is 27.7 Å². The third-order valence-electron chi connectivity index (χ3n) is 13.3. The number of hydrogen-bond donors (Lipinski definition) is 2. The first-order chi connectivity index (χ1) is 28.3. The van der Waals surface area contributed by atoms with Crippen molar-refractivity contribution in [2.45, 2.75) is 322 Å². The van der Waals surface area contributed by atoms with Gasteiger partial charge in [0.1, 0.15) is 5.78 Å². The summed E-state index contributed by atoms with van der Waals surface area (Å²) in [7, 11) is 0. The molecule has 0 saturated carbocycles. The van der Waals surface area contributed by atoms with Gasteiger partial charge >= 0.3 is 5.97 Å². The highest BCUT2D eigenvalue weighted by molar-refractivity contribution is 5.80. The van der Waals surface area contributed by atoms with Crippen LogP contribution in [0.4, 0.5) is 0 Å². The number of carbonyl (C=O) groups is 2. The molecule has 0 aliphatic heterocycles. The molecule has 0 saturated heterocycles. The number of aliphatic carboxylic acids is 1. The number of unbranched alkanes of at least 4 members (excludes halogenated alkanes) is 35. The Labute approximate surface area is 364 Å². The fraction of sp³-hybridized carbons (Fsp3) is 0.963. The summed E-state index contributed by atoms with van der Waals surface area (Å²) in [5.74, 6) is 0.616. The fourth-order valence-electron chi connectivity index (χ4n) is 9.10. The van der Waals surface area contributed by atoms with Crippen LogP contribution in [0.25, 0.3) is 0 Å². The third kappa shape index (κ3) is 39.2. The van der Waals surface area contributed by atoms with E-state index in [1.165, 1.54) is 199 Å². The predicted molar refractivity (Wildman–Crippen MR) is 255 cm³/mol. The molecule has 2 atom stereocenters. The molecule has 0 aromatic heterocycles. The van der Waals surface area contributed by atoms with Crippen molar-refractivity contribution in [3.05, 3.63) is 0 Å². The van der Waals surface area contributed by atoms with Crippen molar-refractivity contribution >= 4 is 11.8 Å². The molecule has 2 N–H and O–H groups in total. The van der Waals surface area contributed by atoms with Gasteiger partial charge in [-0.25, -0.2) is 4.79 Å².